The van der Waals surface area contributed by atoms with Crippen molar-refractivity contribution >= 4 is 17.6 Å². The van der Waals surface area contributed by atoms with Gasteiger partial charge in [-0.05, 0) is 6.92 Å². The standard InChI is InChI=1S/C6H11N3/c1-5(7)6(9-3)4-8-2/h4,7H,1-3H3. The molecule has 0 saturated carbocycles. The second kappa shape index (κ2) is 3.95. The highest BCUT2D eigenvalue weighted by molar-refractivity contribution is 6.61. The minimum atomic E-state index is 0.447. The molecule has 0 aromatic heterocycles. The van der Waals surface area contributed by atoms with E-state index in [1.54, 1.807) is 27.2 Å². The first kappa shape index (κ1) is 8.01. The van der Waals surface area contributed by atoms with Crippen molar-refractivity contribution in [1.29, 1.82) is 5.41 Å². The Kier molecular flexibility index (Phi) is 3.51. The van der Waals surface area contributed by atoms with Gasteiger partial charge in [0, 0.05) is 20.3 Å². The lowest BCUT2D eigenvalue weighted by Gasteiger charge is -1.91. The van der Waals surface area contributed by atoms with Crippen LogP contribution in [0.1, 0.15) is 6.92 Å². The Morgan fingerprint density at radius 2 is 2.00 bits per heavy atom. The van der Waals surface area contributed by atoms with E-state index in [2.05, 4.69) is 9.98 Å². The molecule has 0 bridgehead atoms. The van der Waals surface area contributed by atoms with Crippen molar-refractivity contribution in [2.75, 3.05) is 14.1 Å². The average Bonchev–Trinajstić information content (AvgIpc) is 1.82. The second-order valence-corrected chi connectivity index (χ2v) is 1.62. The molecule has 0 spiro atoms. The average molecular weight is 125 g/mol. The van der Waals surface area contributed by atoms with E-state index in [0.717, 1.165) is 0 Å². The molecule has 50 valence electrons. The summed E-state index contributed by atoms with van der Waals surface area (Å²) in [6.45, 7) is 1.68. The van der Waals surface area contributed by atoms with Crippen LogP contribution in [0.2, 0.25) is 0 Å². The molecule has 0 unspecified atom stereocenters. The number of rotatable bonds is 2. The molecule has 3 heteroatoms. The normalized spacial score (nSPS) is 12.6. The largest absolute Gasteiger partial charge is 0.303 e. The molecule has 0 fully saturated rings. The third kappa shape index (κ3) is 2.74. The molecule has 0 saturated heterocycles. The van der Waals surface area contributed by atoms with E-state index >= 15 is 0 Å². The minimum absolute atomic E-state index is 0.447. The molecular weight excluding hydrogens is 114 g/mol. The van der Waals surface area contributed by atoms with Crippen molar-refractivity contribution in [1.82, 2.24) is 0 Å². The summed E-state index contributed by atoms with van der Waals surface area (Å²) in [7, 11) is 3.31. The van der Waals surface area contributed by atoms with E-state index in [9.17, 15) is 0 Å². The van der Waals surface area contributed by atoms with Crippen LogP contribution in [0.5, 0.6) is 0 Å². The molecule has 0 radical (unpaired) electrons. The Bertz CT molecular complexity index is 156. The highest BCUT2D eigenvalue weighted by atomic mass is 14.7. The van der Waals surface area contributed by atoms with Crippen LogP contribution in [0.25, 0.3) is 0 Å². The summed E-state index contributed by atoms with van der Waals surface area (Å²) in [5.74, 6) is 0. The maximum Gasteiger partial charge on any atom is 0.0953 e. The molecule has 0 amide bonds. The van der Waals surface area contributed by atoms with Crippen LogP contribution in [0.4, 0.5) is 0 Å². The zero-order valence-electron chi connectivity index (χ0n) is 5.97. The fourth-order valence-corrected chi connectivity index (χ4v) is 0.445. The van der Waals surface area contributed by atoms with Crippen LogP contribution in [0.3, 0.4) is 0 Å². The Balaban J connectivity index is 4.19. The van der Waals surface area contributed by atoms with Crippen LogP contribution < -0.4 is 0 Å². The quantitative estimate of drug-likeness (QED) is 0.531. The number of nitrogens with zero attached hydrogens (tertiary/aromatic N) is 2. The van der Waals surface area contributed by atoms with Crippen molar-refractivity contribution in [2.24, 2.45) is 9.98 Å². The molecule has 0 aliphatic heterocycles. The molecular formula is C6H11N3. The maximum atomic E-state index is 7.13. The topological polar surface area (TPSA) is 48.6 Å². The SMILES string of the molecule is CN=CC(=NC)C(C)=N. The van der Waals surface area contributed by atoms with Gasteiger partial charge in [-0.15, -0.1) is 0 Å². The molecule has 0 aliphatic carbocycles. The zero-order chi connectivity index (χ0) is 7.28. The van der Waals surface area contributed by atoms with Gasteiger partial charge in [0.05, 0.1) is 11.4 Å². The molecule has 0 rings (SSSR count). The van der Waals surface area contributed by atoms with Crippen LogP contribution in [0.15, 0.2) is 9.98 Å². The Morgan fingerprint density at radius 3 is 2.11 bits per heavy atom. The molecule has 0 aromatic carbocycles. The van der Waals surface area contributed by atoms with Crippen LogP contribution in [-0.4, -0.2) is 31.7 Å². The third-order valence-electron chi connectivity index (χ3n) is 0.876. The second-order valence-electron chi connectivity index (χ2n) is 1.62. The molecule has 0 aromatic rings. The molecule has 0 atom stereocenters. The van der Waals surface area contributed by atoms with Gasteiger partial charge in [-0.2, -0.15) is 0 Å². The molecule has 3 nitrogen and oxygen atoms in total. The van der Waals surface area contributed by atoms with E-state index < -0.39 is 0 Å². The van der Waals surface area contributed by atoms with E-state index in [0.29, 0.717) is 11.4 Å². The fraction of sp³-hybridized carbons (Fsp3) is 0.500. The molecule has 0 aliphatic rings. The molecule has 9 heavy (non-hydrogen) atoms. The number of hydrogen-bond acceptors (Lipinski definition) is 3. The zero-order valence-corrected chi connectivity index (χ0v) is 5.97. The van der Waals surface area contributed by atoms with Gasteiger partial charge < -0.3 is 5.41 Å². The lowest BCUT2D eigenvalue weighted by atomic mass is 10.3. The van der Waals surface area contributed by atoms with Gasteiger partial charge in [0.2, 0.25) is 0 Å². The summed E-state index contributed by atoms with van der Waals surface area (Å²) >= 11 is 0. The van der Waals surface area contributed by atoms with E-state index in [1.165, 1.54) is 0 Å². The Labute approximate surface area is 55.0 Å². The Morgan fingerprint density at radius 1 is 1.44 bits per heavy atom. The fourth-order valence-electron chi connectivity index (χ4n) is 0.445. The summed E-state index contributed by atoms with van der Waals surface area (Å²) in [5.41, 5.74) is 1.08. The van der Waals surface area contributed by atoms with Gasteiger partial charge in [-0.3, -0.25) is 9.98 Å². The van der Waals surface area contributed by atoms with Crippen molar-refractivity contribution in [2.45, 2.75) is 6.92 Å². The van der Waals surface area contributed by atoms with Gasteiger partial charge in [-0.25, -0.2) is 0 Å². The predicted molar refractivity (Wildman–Crippen MR) is 41.2 cm³/mol. The first-order valence-corrected chi connectivity index (χ1v) is 2.66. The van der Waals surface area contributed by atoms with Crippen molar-refractivity contribution in [3.63, 3.8) is 0 Å². The summed E-state index contributed by atoms with van der Waals surface area (Å²) in [6, 6.07) is 0. The lowest BCUT2D eigenvalue weighted by molar-refractivity contribution is 1.43. The number of aliphatic imine (C=N–C) groups is 2. The number of hydrogen-bond donors (Lipinski definition) is 1. The summed E-state index contributed by atoms with van der Waals surface area (Å²) < 4.78 is 0. The summed E-state index contributed by atoms with van der Waals surface area (Å²) in [4.78, 5) is 7.55. The van der Waals surface area contributed by atoms with Gasteiger partial charge >= 0.3 is 0 Å². The first-order valence-electron chi connectivity index (χ1n) is 2.66. The van der Waals surface area contributed by atoms with Gasteiger partial charge in [-0.1, -0.05) is 0 Å². The van der Waals surface area contributed by atoms with Crippen molar-refractivity contribution in [3.8, 4) is 0 Å². The van der Waals surface area contributed by atoms with E-state index in [4.69, 9.17) is 5.41 Å². The first-order chi connectivity index (χ1) is 4.22. The summed E-state index contributed by atoms with van der Waals surface area (Å²) in [5, 5.41) is 7.13. The van der Waals surface area contributed by atoms with Crippen molar-refractivity contribution < 1.29 is 0 Å². The van der Waals surface area contributed by atoms with Crippen molar-refractivity contribution in [3.05, 3.63) is 0 Å². The van der Waals surface area contributed by atoms with Crippen LogP contribution in [0, 0.1) is 5.41 Å². The molecule has 1 N–H and O–H groups in total. The van der Waals surface area contributed by atoms with E-state index in [1.807, 2.05) is 0 Å². The number of nitrogens with one attached hydrogen (secondary N) is 1. The third-order valence-corrected chi connectivity index (χ3v) is 0.876. The minimum Gasteiger partial charge on any atom is -0.303 e. The van der Waals surface area contributed by atoms with E-state index in [-0.39, 0.29) is 0 Å². The van der Waals surface area contributed by atoms with Gasteiger partial charge in [0.15, 0.2) is 0 Å². The summed E-state index contributed by atoms with van der Waals surface area (Å²) in [6.07, 6.45) is 1.57. The lowest BCUT2D eigenvalue weighted by Crippen LogP contribution is -2.09. The predicted octanol–water partition coefficient (Wildman–Crippen LogP) is 0.797. The smallest absolute Gasteiger partial charge is 0.0953 e. The molecule has 0 heterocycles. The van der Waals surface area contributed by atoms with Crippen LogP contribution in [-0.2, 0) is 0 Å². The highest BCUT2D eigenvalue weighted by Gasteiger charge is 1.92. The van der Waals surface area contributed by atoms with Gasteiger partial charge in [0.25, 0.3) is 0 Å². The van der Waals surface area contributed by atoms with Crippen LogP contribution >= 0.6 is 0 Å². The highest BCUT2D eigenvalue weighted by Crippen LogP contribution is 1.75. The Hall–Kier alpha value is -0.990. The monoisotopic (exact) mass is 125 g/mol. The maximum absolute atomic E-state index is 7.13. The van der Waals surface area contributed by atoms with Gasteiger partial charge in [0.1, 0.15) is 0 Å².